The van der Waals surface area contributed by atoms with Crippen LogP contribution in [0.1, 0.15) is 17.5 Å². The Morgan fingerprint density at radius 1 is 1.47 bits per heavy atom. The molecule has 83 valence electrons. The molecule has 5 heteroatoms. The number of aromatic amines is 1. The molecule has 2 heterocycles. The average molecular weight is 242 g/mol. The zero-order valence-electron chi connectivity index (χ0n) is 8.75. The molecular formula is C12H8N3OS. The molecule has 2 aromatic rings. The van der Waals surface area contributed by atoms with Crippen molar-refractivity contribution in [2.75, 3.05) is 0 Å². The van der Waals surface area contributed by atoms with Gasteiger partial charge in [-0.3, -0.25) is 5.10 Å². The van der Waals surface area contributed by atoms with E-state index in [4.69, 9.17) is 16.6 Å². The van der Waals surface area contributed by atoms with Gasteiger partial charge in [-0.2, -0.15) is 5.10 Å². The lowest BCUT2D eigenvalue weighted by Crippen LogP contribution is -2.14. The molecule has 1 aliphatic carbocycles. The number of nitrogens with zero attached hydrogens (tertiary/aromatic N) is 2. The van der Waals surface area contributed by atoms with E-state index in [1.54, 1.807) is 24.7 Å². The SMILES string of the molecule is S=C1[C]=CC=C(c2ncco2)C1c1cc[nH]n1. The minimum absolute atomic E-state index is 0.125. The normalized spacial score (nSPS) is 19.4. The van der Waals surface area contributed by atoms with Gasteiger partial charge in [0.25, 0.3) is 0 Å². The summed E-state index contributed by atoms with van der Waals surface area (Å²) < 4.78 is 5.32. The van der Waals surface area contributed by atoms with Gasteiger partial charge in [-0.25, -0.2) is 4.98 Å². The Kier molecular flexibility index (Phi) is 2.45. The monoisotopic (exact) mass is 242 g/mol. The number of H-pyrrole nitrogens is 1. The van der Waals surface area contributed by atoms with Gasteiger partial charge in [0.15, 0.2) is 0 Å². The Balaban J connectivity index is 2.08. The average Bonchev–Trinajstić information content (AvgIpc) is 3.02. The van der Waals surface area contributed by atoms with E-state index >= 15 is 0 Å². The van der Waals surface area contributed by atoms with Crippen LogP contribution >= 0.6 is 12.2 Å². The second-order valence-corrected chi connectivity index (χ2v) is 4.01. The van der Waals surface area contributed by atoms with E-state index in [-0.39, 0.29) is 5.92 Å². The van der Waals surface area contributed by atoms with Crippen molar-refractivity contribution in [1.82, 2.24) is 15.2 Å². The molecule has 3 rings (SSSR count). The Morgan fingerprint density at radius 3 is 3.12 bits per heavy atom. The fraction of sp³-hybridized carbons (Fsp3) is 0.0833. The summed E-state index contributed by atoms with van der Waals surface area (Å²) in [5.41, 5.74) is 1.76. The van der Waals surface area contributed by atoms with E-state index in [0.717, 1.165) is 11.3 Å². The smallest absolute Gasteiger partial charge is 0.222 e. The largest absolute Gasteiger partial charge is 0.445 e. The van der Waals surface area contributed by atoms with Crippen LogP contribution in [0.25, 0.3) is 5.57 Å². The Hall–Kier alpha value is -2.01. The fourth-order valence-electron chi connectivity index (χ4n) is 1.82. The van der Waals surface area contributed by atoms with E-state index < -0.39 is 0 Å². The first-order chi connectivity index (χ1) is 8.36. The molecule has 0 saturated heterocycles. The van der Waals surface area contributed by atoms with E-state index in [9.17, 15) is 0 Å². The minimum Gasteiger partial charge on any atom is -0.445 e. The summed E-state index contributed by atoms with van der Waals surface area (Å²) in [6.45, 7) is 0. The zero-order valence-corrected chi connectivity index (χ0v) is 9.57. The van der Waals surface area contributed by atoms with E-state index in [2.05, 4.69) is 21.3 Å². The van der Waals surface area contributed by atoms with Gasteiger partial charge in [0.2, 0.25) is 5.89 Å². The first kappa shape index (κ1) is 10.2. The van der Waals surface area contributed by atoms with Crippen molar-refractivity contribution in [2.24, 2.45) is 0 Å². The van der Waals surface area contributed by atoms with Crippen molar-refractivity contribution in [3.05, 3.63) is 54.5 Å². The van der Waals surface area contributed by atoms with Crippen LogP contribution in [0.5, 0.6) is 0 Å². The third kappa shape index (κ3) is 1.74. The van der Waals surface area contributed by atoms with Crippen LogP contribution in [-0.2, 0) is 0 Å². The lowest BCUT2D eigenvalue weighted by molar-refractivity contribution is 0.539. The highest BCUT2D eigenvalue weighted by Gasteiger charge is 2.27. The summed E-state index contributed by atoms with van der Waals surface area (Å²) in [6.07, 6.45) is 11.6. The Morgan fingerprint density at radius 2 is 2.41 bits per heavy atom. The fourth-order valence-corrected chi connectivity index (χ4v) is 2.14. The first-order valence-electron chi connectivity index (χ1n) is 5.09. The van der Waals surface area contributed by atoms with Crippen molar-refractivity contribution < 1.29 is 4.42 Å². The van der Waals surface area contributed by atoms with Gasteiger partial charge in [0.05, 0.1) is 17.8 Å². The zero-order chi connectivity index (χ0) is 11.7. The standard InChI is InChI=1S/C12H8N3OS/c17-10-3-1-2-8(12-13-6-7-16-12)11(10)9-4-5-14-15-9/h1-2,4-7,11H,(H,14,15). The van der Waals surface area contributed by atoms with Gasteiger partial charge in [0, 0.05) is 16.6 Å². The lowest BCUT2D eigenvalue weighted by atomic mass is 9.88. The molecule has 4 nitrogen and oxygen atoms in total. The maximum absolute atomic E-state index is 5.32. The maximum atomic E-state index is 5.32. The van der Waals surface area contributed by atoms with Gasteiger partial charge in [-0.15, -0.1) is 0 Å². The van der Waals surface area contributed by atoms with Crippen LogP contribution in [0.4, 0.5) is 0 Å². The van der Waals surface area contributed by atoms with Crippen LogP contribution in [0.2, 0.25) is 0 Å². The number of hydrogen-bond acceptors (Lipinski definition) is 4. The predicted octanol–water partition coefficient (Wildman–Crippen LogP) is 2.31. The number of nitrogens with one attached hydrogen (secondary N) is 1. The second kappa shape index (κ2) is 4.10. The number of hydrogen-bond donors (Lipinski definition) is 1. The van der Waals surface area contributed by atoms with E-state index in [0.29, 0.717) is 10.8 Å². The molecule has 0 amide bonds. The number of aromatic nitrogens is 3. The topological polar surface area (TPSA) is 54.7 Å². The lowest BCUT2D eigenvalue weighted by Gasteiger charge is -2.17. The summed E-state index contributed by atoms with van der Waals surface area (Å²) >= 11 is 5.32. The predicted molar refractivity (Wildman–Crippen MR) is 66.2 cm³/mol. The van der Waals surface area contributed by atoms with Gasteiger partial charge >= 0.3 is 0 Å². The minimum atomic E-state index is -0.125. The van der Waals surface area contributed by atoms with Crippen molar-refractivity contribution >= 4 is 22.7 Å². The molecule has 1 radical (unpaired) electrons. The third-order valence-electron chi connectivity index (χ3n) is 2.56. The van der Waals surface area contributed by atoms with Gasteiger partial charge in [-0.1, -0.05) is 24.4 Å². The van der Waals surface area contributed by atoms with E-state index in [1.807, 2.05) is 12.1 Å². The van der Waals surface area contributed by atoms with Gasteiger partial charge in [0.1, 0.15) is 6.26 Å². The van der Waals surface area contributed by atoms with Crippen LogP contribution < -0.4 is 0 Å². The molecule has 0 spiro atoms. The summed E-state index contributed by atoms with van der Waals surface area (Å²) in [5, 5.41) is 6.96. The Labute approximate surface area is 103 Å². The highest BCUT2D eigenvalue weighted by atomic mass is 32.1. The highest BCUT2D eigenvalue weighted by Crippen LogP contribution is 2.34. The van der Waals surface area contributed by atoms with Crippen LogP contribution in [0, 0.1) is 6.08 Å². The van der Waals surface area contributed by atoms with Crippen molar-refractivity contribution in [3.8, 4) is 0 Å². The molecule has 2 aromatic heterocycles. The van der Waals surface area contributed by atoms with E-state index in [1.165, 1.54) is 0 Å². The summed E-state index contributed by atoms with van der Waals surface area (Å²) in [7, 11) is 0. The third-order valence-corrected chi connectivity index (χ3v) is 2.91. The van der Waals surface area contributed by atoms with Crippen LogP contribution in [0.15, 0.2) is 41.3 Å². The molecule has 0 aromatic carbocycles. The van der Waals surface area contributed by atoms with Crippen molar-refractivity contribution in [2.45, 2.75) is 5.92 Å². The molecule has 0 saturated carbocycles. The number of allylic oxidation sites excluding steroid dienone is 4. The molecular weight excluding hydrogens is 234 g/mol. The number of thiocarbonyl (C=S) groups is 1. The quantitative estimate of drug-likeness (QED) is 0.821. The van der Waals surface area contributed by atoms with Crippen LogP contribution in [-0.4, -0.2) is 20.0 Å². The molecule has 0 bridgehead atoms. The number of rotatable bonds is 2. The maximum Gasteiger partial charge on any atom is 0.222 e. The summed E-state index contributed by atoms with van der Waals surface area (Å²) in [4.78, 5) is 4.84. The molecule has 0 fully saturated rings. The summed E-state index contributed by atoms with van der Waals surface area (Å²) in [6, 6.07) is 1.89. The highest BCUT2D eigenvalue weighted by molar-refractivity contribution is 7.80. The summed E-state index contributed by atoms with van der Waals surface area (Å²) in [5.74, 6) is 0.443. The molecule has 1 aliphatic rings. The molecule has 1 atom stereocenters. The van der Waals surface area contributed by atoms with Crippen LogP contribution in [0.3, 0.4) is 0 Å². The molecule has 17 heavy (non-hydrogen) atoms. The van der Waals surface area contributed by atoms with Crippen molar-refractivity contribution in [3.63, 3.8) is 0 Å². The first-order valence-corrected chi connectivity index (χ1v) is 5.50. The second-order valence-electron chi connectivity index (χ2n) is 3.57. The van der Waals surface area contributed by atoms with Gasteiger partial charge < -0.3 is 4.42 Å². The Bertz CT molecular complexity index is 581. The molecule has 0 aliphatic heterocycles. The number of oxazole rings is 1. The van der Waals surface area contributed by atoms with Gasteiger partial charge in [-0.05, 0) is 12.1 Å². The molecule has 1 N–H and O–H groups in total. The molecule has 1 unspecified atom stereocenters. The van der Waals surface area contributed by atoms with Crippen molar-refractivity contribution in [1.29, 1.82) is 0 Å².